The molecule has 0 bridgehead atoms. The second kappa shape index (κ2) is 9.46. The number of carbonyl (C=O) groups excluding carboxylic acids is 1. The van der Waals surface area contributed by atoms with Gasteiger partial charge < -0.3 is 19.6 Å². The van der Waals surface area contributed by atoms with Crippen molar-refractivity contribution in [1.82, 2.24) is 33.9 Å². The zero-order valence-electron chi connectivity index (χ0n) is 17.1. The summed E-state index contributed by atoms with van der Waals surface area (Å²) in [5, 5.41) is 11.2. The predicted octanol–water partition coefficient (Wildman–Crippen LogP) is 0.308. The van der Waals surface area contributed by atoms with E-state index in [1.807, 2.05) is 44.5 Å². The molecule has 2 atom stereocenters. The van der Waals surface area contributed by atoms with Gasteiger partial charge in [0.25, 0.3) is 12.4 Å². The fourth-order valence-electron chi connectivity index (χ4n) is 3.54. The molecule has 4 heterocycles. The maximum atomic E-state index is 13.3. The van der Waals surface area contributed by atoms with Crippen LogP contribution in [0.4, 0.5) is 0 Å². The Morgan fingerprint density at radius 2 is 2.17 bits per heavy atom. The molecule has 0 radical (unpaired) electrons. The van der Waals surface area contributed by atoms with Crippen LogP contribution in [-0.2, 0) is 16.6 Å². The Kier molecular flexibility index (Phi) is 6.75. The number of likely N-dealkylation sites (N-methyl/N-ethyl adjacent to an activating group) is 1. The van der Waals surface area contributed by atoms with Crippen LogP contribution in [0.15, 0.2) is 37.1 Å². The van der Waals surface area contributed by atoms with Gasteiger partial charge in [0, 0.05) is 50.5 Å². The molecule has 0 aromatic carbocycles. The average Bonchev–Trinajstić information content (AvgIpc) is 3.33. The quantitative estimate of drug-likeness (QED) is 0.605. The van der Waals surface area contributed by atoms with Crippen molar-refractivity contribution in [1.29, 1.82) is 0 Å². The highest BCUT2D eigenvalue weighted by atomic mass is 16.5. The Bertz CT molecular complexity index is 967. The molecule has 3 aromatic heterocycles. The first-order chi connectivity index (χ1) is 14.4. The number of rotatable bonds is 4. The lowest BCUT2D eigenvalue weighted by Crippen LogP contribution is -2.51. The lowest BCUT2D eigenvalue weighted by molar-refractivity contribution is -0.122. The lowest BCUT2D eigenvalue weighted by atomic mass is 10.00. The summed E-state index contributed by atoms with van der Waals surface area (Å²) in [6.07, 6.45) is 8.81. The molecule has 1 saturated heterocycles. The Labute approximate surface area is 173 Å². The van der Waals surface area contributed by atoms with Gasteiger partial charge in [-0.1, -0.05) is 0 Å². The predicted molar refractivity (Wildman–Crippen MR) is 107 cm³/mol. The van der Waals surface area contributed by atoms with Crippen LogP contribution in [-0.4, -0.2) is 91.3 Å². The van der Waals surface area contributed by atoms with Gasteiger partial charge in [-0.25, -0.2) is 9.97 Å². The van der Waals surface area contributed by atoms with Gasteiger partial charge in [-0.05, 0) is 20.2 Å². The molecule has 0 unspecified atom stereocenters. The zero-order valence-corrected chi connectivity index (χ0v) is 17.1. The molecule has 1 fully saturated rings. The topological polar surface area (TPSA) is 118 Å². The van der Waals surface area contributed by atoms with E-state index in [-0.39, 0.29) is 24.5 Å². The van der Waals surface area contributed by atoms with Gasteiger partial charge in [0.1, 0.15) is 5.69 Å². The number of amides is 1. The highest BCUT2D eigenvalue weighted by molar-refractivity contribution is 5.93. The van der Waals surface area contributed by atoms with Crippen molar-refractivity contribution in [2.24, 2.45) is 7.05 Å². The van der Waals surface area contributed by atoms with E-state index in [2.05, 4.69) is 20.0 Å². The van der Waals surface area contributed by atoms with Gasteiger partial charge in [0.2, 0.25) is 5.78 Å². The van der Waals surface area contributed by atoms with E-state index >= 15 is 0 Å². The van der Waals surface area contributed by atoms with E-state index in [1.54, 1.807) is 27.7 Å². The van der Waals surface area contributed by atoms with Crippen LogP contribution in [0.1, 0.15) is 22.1 Å². The summed E-state index contributed by atoms with van der Waals surface area (Å²) in [5.41, 5.74) is 1.34. The molecular formula is C19H25N7O4. The van der Waals surface area contributed by atoms with Crippen LogP contribution in [0, 0.1) is 0 Å². The van der Waals surface area contributed by atoms with Crippen LogP contribution in [0.2, 0.25) is 0 Å². The van der Waals surface area contributed by atoms with Gasteiger partial charge in [-0.3, -0.25) is 18.7 Å². The Hall–Kier alpha value is -3.31. The molecule has 0 saturated carbocycles. The van der Waals surface area contributed by atoms with Gasteiger partial charge >= 0.3 is 0 Å². The van der Waals surface area contributed by atoms with Crippen molar-refractivity contribution < 1.29 is 19.4 Å². The largest absolute Gasteiger partial charge is 0.483 e. The summed E-state index contributed by atoms with van der Waals surface area (Å²) in [6, 6.07) is 1.59. The molecule has 1 amide bonds. The fourth-order valence-corrected chi connectivity index (χ4v) is 3.54. The fraction of sp³-hybridized carbons (Fsp3) is 0.421. The van der Waals surface area contributed by atoms with Gasteiger partial charge in [-0.2, -0.15) is 5.10 Å². The third-order valence-electron chi connectivity index (χ3n) is 4.68. The number of carboxylic acid groups (broad SMARTS) is 1. The molecule has 0 aliphatic carbocycles. The van der Waals surface area contributed by atoms with E-state index in [0.717, 1.165) is 5.56 Å². The first-order valence-electron chi connectivity index (χ1n) is 9.38. The Morgan fingerprint density at radius 3 is 2.80 bits per heavy atom. The molecule has 30 heavy (non-hydrogen) atoms. The number of carbonyl (C=O) groups is 2. The van der Waals surface area contributed by atoms with Crippen molar-refractivity contribution >= 4 is 18.2 Å². The molecule has 1 N–H and O–H groups in total. The standard InChI is InChI=1S/C18H23N7O2.CH2O2/c1-22(2)12-15-16(13-9-20-23(3)10-13)25(7-8-27-15)17(26)14-11-24-6-4-5-19-18(24)21-14;2-1-3/h4-6,9-11,15-16H,7-8,12H2,1-3H3;1H,(H,2,3)/t15-,16-;/m0./s1. The van der Waals surface area contributed by atoms with Crippen molar-refractivity contribution in [3.05, 3.63) is 48.3 Å². The summed E-state index contributed by atoms with van der Waals surface area (Å²) >= 11 is 0. The molecule has 4 rings (SSSR count). The normalized spacial score (nSPS) is 18.9. The SMILES string of the molecule is CN(C)C[C@@H]1OCCN(C(=O)c2cn3cccnc3n2)[C@H]1c1cnn(C)c1.O=CO. The van der Waals surface area contributed by atoms with Crippen LogP contribution in [0.3, 0.4) is 0 Å². The number of hydrogen-bond donors (Lipinski definition) is 1. The van der Waals surface area contributed by atoms with Crippen LogP contribution in [0.5, 0.6) is 0 Å². The summed E-state index contributed by atoms with van der Waals surface area (Å²) in [5.74, 6) is 0.387. The van der Waals surface area contributed by atoms with Gasteiger partial charge in [0.05, 0.1) is 24.9 Å². The number of hydrogen-bond acceptors (Lipinski definition) is 7. The number of ether oxygens (including phenoxy) is 1. The number of morpholine rings is 1. The van der Waals surface area contributed by atoms with E-state index < -0.39 is 0 Å². The molecular weight excluding hydrogens is 390 g/mol. The summed E-state index contributed by atoms with van der Waals surface area (Å²) in [7, 11) is 5.87. The van der Waals surface area contributed by atoms with E-state index in [1.165, 1.54) is 0 Å². The number of imidazole rings is 1. The summed E-state index contributed by atoms with van der Waals surface area (Å²) < 4.78 is 9.53. The first-order valence-corrected chi connectivity index (χ1v) is 9.38. The molecule has 11 nitrogen and oxygen atoms in total. The molecule has 3 aromatic rings. The minimum absolute atomic E-state index is 0.124. The molecule has 11 heteroatoms. The maximum Gasteiger partial charge on any atom is 0.290 e. The number of aromatic nitrogens is 5. The second-order valence-electron chi connectivity index (χ2n) is 7.12. The monoisotopic (exact) mass is 415 g/mol. The van der Waals surface area contributed by atoms with Crippen molar-refractivity contribution in [3.63, 3.8) is 0 Å². The maximum absolute atomic E-state index is 13.3. The third-order valence-corrected chi connectivity index (χ3v) is 4.68. The lowest BCUT2D eigenvalue weighted by Gasteiger charge is -2.41. The number of aryl methyl sites for hydroxylation is 1. The zero-order chi connectivity index (χ0) is 21.7. The second-order valence-corrected chi connectivity index (χ2v) is 7.12. The van der Waals surface area contributed by atoms with E-state index in [0.29, 0.717) is 31.2 Å². The molecule has 160 valence electrons. The van der Waals surface area contributed by atoms with Crippen molar-refractivity contribution in [2.45, 2.75) is 12.1 Å². The van der Waals surface area contributed by atoms with Gasteiger partial charge in [0.15, 0.2) is 0 Å². The minimum atomic E-state index is -0.250. The minimum Gasteiger partial charge on any atom is -0.483 e. The molecule has 1 aliphatic heterocycles. The Balaban J connectivity index is 0.000000806. The van der Waals surface area contributed by atoms with Crippen molar-refractivity contribution in [2.75, 3.05) is 33.8 Å². The van der Waals surface area contributed by atoms with Gasteiger partial charge in [-0.15, -0.1) is 0 Å². The highest BCUT2D eigenvalue weighted by Crippen LogP contribution is 2.31. The highest BCUT2D eigenvalue weighted by Gasteiger charge is 2.38. The van der Waals surface area contributed by atoms with Crippen LogP contribution >= 0.6 is 0 Å². The number of nitrogens with zero attached hydrogens (tertiary/aromatic N) is 7. The average molecular weight is 415 g/mol. The number of fused-ring (bicyclic) bond motifs is 1. The molecule has 0 spiro atoms. The summed E-state index contributed by atoms with van der Waals surface area (Å²) in [4.78, 5) is 34.2. The Morgan fingerprint density at radius 1 is 1.40 bits per heavy atom. The van der Waals surface area contributed by atoms with Crippen LogP contribution < -0.4 is 0 Å². The van der Waals surface area contributed by atoms with Crippen molar-refractivity contribution in [3.8, 4) is 0 Å². The van der Waals surface area contributed by atoms with E-state index in [9.17, 15) is 4.79 Å². The van der Waals surface area contributed by atoms with Crippen LogP contribution in [0.25, 0.3) is 5.78 Å². The molecule has 1 aliphatic rings. The third kappa shape index (κ3) is 4.63. The van der Waals surface area contributed by atoms with E-state index in [4.69, 9.17) is 14.6 Å². The summed E-state index contributed by atoms with van der Waals surface area (Å²) in [6.45, 7) is 1.45. The first kappa shape index (κ1) is 21.4. The smallest absolute Gasteiger partial charge is 0.290 e.